The molecule has 0 aliphatic carbocycles. The van der Waals surface area contributed by atoms with Crippen LogP contribution >= 0.6 is 34.4 Å². The predicted molar refractivity (Wildman–Crippen MR) is 144 cm³/mol. The van der Waals surface area contributed by atoms with E-state index in [2.05, 4.69) is 42.6 Å². The number of ketones is 1. The lowest BCUT2D eigenvalue weighted by molar-refractivity contribution is 0.0588. The Morgan fingerprint density at radius 1 is 1.20 bits per heavy atom. The Bertz CT molecular complexity index is 1530. The van der Waals surface area contributed by atoms with Crippen molar-refractivity contribution in [3.63, 3.8) is 0 Å². The van der Waals surface area contributed by atoms with Crippen molar-refractivity contribution in [2.75, 3.05) is 5.75 Å². The third-order valence-corrected chi connectivity index (χ3v) is 6.70. The summed E-state index contributed by atoms with van der Waals surface area (Å²) < 4.78 is 8.69. The van der Waals surface area contributed by atoms with Crippen LogP contribution < -0.4 is 4.74 Å². The van der Waals surface area contributed by atoms with Crippen molar-refractivity contribution in [2.24, 2.45) is 0 Å². The average molecular weight is 599 g/mol. The van der Waals surface area contributed by atoms with Crippen molar-refractivity contribution < 1.29 is 14.6 Å². The molecule has 3 heterocycles. The minimum Gasteiger partial charge on any atom is -0.456 e. The Labute approximate surface area is 219 Å². The fourth-order valence-electron chi connectivity index (χ4n) is 3.68. The molecule has 35 heavy (non-hydrogen) atoms. The zero-order chi connectivity index (χ0) is 24.6. The number of carbonyl (C=O) groups excluding carboxylic acids is 1. The lowest BCUT2D eigenvalue weighted by atomic mass is 10.1. The summed E-state index contributed by atoms with van der Waals surface area (Å²) in [5.41, 5.74) is 1.85. The summed E-state index contributed by atoms with van der Waals surface area (Å²) in [6, 6.07) is 15.0. The lowest BCUT2D eigenvalue weighted by Gasteiger charge is -2.17. The Balaban J connectivity index is 1.43. The molecule has 0 aliphatic heterocycles. The highest BCUT2D eigenvalue weighted by molar-refractivity contribution is 14.1. The van der Waals surface area contributed by atoms with Gasteiger partial charge in [-0.3, -0.25) is 14.5 Å². The second-order valence-corrected chi connectivity index (χ2v) is 10.9. The molecule has 0 unspecified atom stereocenters. The summed E-state index contributed by atoms with van der Waals surface area (Å²) in [7, 11) is 0. The number of halogens is 1. The van der Waals surface area contributed by atoms with Crippen molar-refractivity contribution in [1.82, 2.24) is 24.7 Å². The van der Waals surface area contributed by atoms with Gasteiger partial charge in [-0.2, -0.15) is 5.10 Å². The molecule has 0 fully saturated rings. The zero-order valence-electron chi connectivity index (χ0n) is 19.0. The molecule has 5 aromatic rings. The van der Waals surface area contributed by atoms with Crippen LogP contribution in [0.1, 0.15) is 24.3 Å². The third-order valence-electron chi connectivity index (χ3n) is 5.16. The highest BCUT2D eigenvalue weighted by Gasteiger charge is 2.22. The SMILES string of the molecule is CC(C)(O)Cn1nc(C(=O)CSc2nc3ccc(I)cc3[nH]2)c2ccc(Oc3cccnc3)cc21. The van der Waals surface area contributed by atoms with E-state index < -0.39 is 5.60 Å². The molecule has 8 nitrogen and oxygen atoms in total. The van der Waals surface area contributed by atoms with Gasteiger partial charge in [-0.25, -0.2) is 4.98 Å². The van der Waals surface area contributed by atoms with Crippen LogP contribution in [0.3, 0.4) is 0 Å². The number of Topliss-reactive ketones (excluding diaryl/α,β-unsaturated/α-hetero) is 1. The number of aromatic nitrogens is 5. The Morgan fingerprint density at radius 2 is 2.06 bits per heavy atom. The van der Waals surface area contributed by atoms with Crippen LogP contribution in [0.5, 0.6) is 11.5 Å². The number of fused-ring (bicyclic) bond motifs is 2. The molecule has 0 bridgehead atoms. The molecule has 0 amide bonds. The van der Waals surface area contributed by atoms with Crippen LogP contribution in [0, 0.1) is 3.57 Å². The molecule has 0 radical (unpaired) electrons. The Kier molecular flexibility index (Phi) is 6.51. The van der Waals surface area contributed by atoms with Crippen LogP contribution in [0.15, 0.2) is 66.1 Å². The van der Waals surface area contributed by atoms with E-state index in [9.17, 15) is 9.90 Å². The molecule has 2 aromatic carbocycles. The van der Waals surface area contributed by atoms with Crippen molar-refractivity contribution in [1.29, 1.82) is 0 Å². The Morgan fingerprint density at radius 3 is 2.83 bits per heavy atom. The lowest BCUT2D eigenvalue weighted by Crippen LogP contribution is -2.26. The summed E-state index contributed by atoms with van der Waals surface area (Å²) >= 11 is 3.60. The first-order valence-corrected chi connectivity index (χ1v) is 12.9. The maximum Gasteiger partial charge on any atom is 0.194 e. The fourth-order valence-corrected chi connectivity index (χ4v) is 4.92. The molecule has 5 rings (SSSR count). The fraction of sp³-hybridized carbons (Fsp3) is 0.200. The molecule has 0 spiro atoms. The van der Waals surface area contributed by atoms with Gasteiger partial charge in [-0.15, -0.1) is 0 Å². The maximum atomic E-state index is 13.2. The van der Waals surface area contributed by atoms with E-state index in [0.29, 0.717) is 33.3 Å². The van der Waals surface area contributed by atoms with E-state index in [-0.39, 0.29) is 18.1 Å². The summed E-state index contributed by atoms with van der Waals surface area (Å²) in [5, 5.41) is 16.4. The summed E-state index contributed by atoms with van der Waals surface area (Å²) in [4.78, 5) is 25.1. The number of imidazole rings is 1. The predicted octanol–water partition coefficient (Wildman–Crippen LogP) is 5.45. The monoisotopic (exact) mass is 599 g/mol. The molecular formula is C25H22IN5O3S. The minimum atomic E-state index is -1.01. The number of aliphatic hydroxyl groups is 1. The molecule has 0 atom stereocenters. The molecule has 3 aromatic heterocycles. The van der Waals surface area contributed by atoms with Gasteiger partial charge < -0.3 is 14.8 Å². The van der Waals surface area contributed by atoms with Crippen molar-refractivity contribution in [3.8, 4) is 11.5 Å². The van der Waals surface area contributed by atoms with Gasteiger partial charge >= 0.3 is 0 Å². The first kappa shape index (κ1) is 23.8. The van der Waals surface area contributed by atoms with E-state index in [4.69, 9.17) is 4.74 Å². The second-order valence-electron chi connectivity index (χ2n) is 8.70. The highest BCUT2D eigenvalue weighted by atomic mass is 127. The number of nitrogens with one attached hydrogen (secondary N) is 1. The number of H-pyrrole nitrogens is 1. The van der Waals surface area contributed by atoms with E-state index in [1.165, 1.54) is 11.8 Å². The van der Waals surface area contributed by atoms with Gasteiger partial charge in [0.05, 0.1) is 40.6 Å². The largest absolute Gasteiger partial charge is 0.456 e. The number of rotatable bonds is 8. The maximum absolute atomic E-state index is 13.2. The minimum absolute atomic E-state index is 0.120. The molecule has 10 heteroatoms. The number of nitrogens with zero attached hydrogens (tertiary/aromatic N) is 4. The van der Waals surface area contributed by atoms with Crippen molar-refractivity contribution in [2.45, 2.75) is 31.1 Å². The van der Waals surface area contributed by atoms with Crippen LogP contribution in [0.2, 0.25) is 0 Å². The number of pyridine rings is 1. The first-order chi connectivity index (χ1) is 16.7. The van der Waals surface area contributed by atoms with Gasteiger partial charge in [0, 0.05) is 21.2 Å². The highest BCUT2D eigenvalue weighted by Crippen LogP contribution is 2.29. The third kappa shape index (κ3) is 5.49. The van der Waals surface area contributed by atoms with E-state index in [0.717, 1.165) is 14.6 Å². The van der Waals surface area contributed by atoms with Crippen LogP contribution in [-0.4, -0.2) is 47.0 Å². The van der Waals surface area contributed by atoms with Crippen molar-refractivity contribution in [3.05, 3.63) is 70.2 Å². The van der Waals surface area contributed by atoms with Crippen LogP contribution in [0.25, 0.3) is 21.9 Å². The quantitative estimate of drug-likeness (QED) is 0.139. The zero-order valence-corrected chi connectivity index (χ0v) is 22.0. The second kappa shape index (κ2) is 9.59. The van der Waals surface area contributed by atoms with Gasteiger partial charge in [0.1, 0.15) is 17.2 Å². The first-order valence-electron chi connectivity index (χ1n) is 10.9. The molecule has 2 N–H and O–H groups in total. The number of hydrogen-bond donors (Lipinski definition) is 2. The van der Waals surface area contributed by atoms with Gasteiger partial charge in [-0.1, -0.05) is 11.8 Å². The van der Waals surface area contributed by atoms with E-state index in [1.54, 1.807) is 43.1 Å². The average Bonchev–Trinajstić information content (AvgIpc) is 3.37. The van der Waals surface area contributed by atoms with Gasteiger partial charge in [-0.05, 0) is 78.9 Å². The number of aromatic amines is 1. The topological polar surface area (TPSA) is 106 Å². The number of benzene rings is 2. The Hall–Kier alpha value is -2.96. The summed E-state index contributed by atoms with van der Waals surface area (Å²) in [6.45, 7) is 3.63. The van der Waals surface area contributed by atoms with Gasteiger partial charge in [0.25, 0.3) is 0 Å². The normalized spacial score (nSPS) is 11.9. The molecule has 0 saturated carbocycles. The summed E-state index contributed by atoms with van der Waals surface area (Å²) in [5.74, 6) is 1.26. The van der Waals surface area contributed by atoms with Gasteiger partial charge in [0.2, 0.25) is 0 Å². The number of carbonyl (C=O) groups is 1. The van der Waals surface area contributed by atoms with Crippen molar-refractivity contribution >= 4 is 62.1 Å². The van der Waals surface area contributed by atoms with Crippen LogP contribution in [-0.2, 0) is 6.54 Å². The van der Waals surface area contributed by atoms with E-state index in [1.807, 2.05) is 36.4 Å². The number of ether oxygens (including phenoxy) is 1. The van der Waals surface area contributed by atoms with Crippen LogP contribution in [0.4, 0.5) is 0 Å². The van der Waals surface area contributed by atoms with Gasteiger partial charge in [0.15, 0.2) is 10.9 Å². The number of thioether (sulfide) groups is 1. The molecule has 0 saturated heterocycles. The molecular weight excluding hydrogens is 577 g/mol. The number of hydrogen-bond acceptors (Lipinski definition) is 7. The van der Waals surface area contributed by atoms with E-state index >= 15 is 0 Å². The molecule has 178 valence electrons. The smallest absolute Gasteiger partial charge is 0.194 e. The standard InChI is InChI=1S/C25H22IN5O3S/c1-25(2,33)14-31-21-11-16(34-17-4-3-9-27-12-17)6-7-18(21)23(30-31)22(32)13-35-24-28-19-8-5-15(26)10-20(19)29-24/h3-12,33H,13-14H2,1-2H3,(H,28,29). The molecule has 0 aliphatic rings. The summed E-state index contributed by atoms with van der Waals surface area (Å²) in [6.07, 6.45) is 3.31.